The topological polar surface area (TPSA) is 26.3 Å². The van der Waals surface area contributed by atoms with E-state index in [1.165, 1.54) is 7.11 Å². The van der Waals surface area contributed by atoms with E-state index in [1.54, 1.807) is 0 Å². The van der Waals surface area contributed by atoms with E-state index < -0.39 is 0 Å². The summed E-state index contributed by atoms with van der Waals surface area (Å²) in [5.41, 5.74) is 0. The fraction of sp³-hybridized carbons (Fsp3) is 0.857. The van der Waals surface area contributed by atoms with Gasteiger partial charge in [0.05, 0.1) is 7.11 Å². The molecule has 0 aromatic carbocycles. The summed E-state index contributed by atoms with van der Waals surface area (Å²) < 4.78 is 4.48. The van der Waals surface area contributed by atoms with Crippen LogP contribution in [0.1, 0.15) is 26.7 Å². The first-order valence-corrected chi connectivity index (χ1v) is 3.27. The van der Waals surface area contributed by atoms with Gasteiger partial charge < -0.3 is 4.74 Å². The smallest absolute Gasteiger partial charge is 0.305 e. The highest BCUT2D eigenvalue weighted by Crippen LogP contribution is 2.06. The van der Waals surface area contributed by atoms with Crippen LogP contribution in [0.4, 0.5) is 0 Å². The van der Waals surface area contributed by atoms with Gasteiger partial charge in [0.1, 0.15) is 0 Å². The van der Waals surface area contributed by atoms with Crippen molar-refractivity contribution in [3.05, 3.63) is 0 Å². The van der Waals surface area contributed by atoms with Gasteiger partial charge in [-0.1, -0.05) is 20.3 Å². The zero-order chi connectivity index (χ0) is 7.28. The second-order valence-corrected chi connectivity index (χ2v) is 2.29. The van der Waals surface area contributed by atoms with E-state index in [9.17, 15) is 4.79 Å². The van der Waals surface area contributed by atoms with Crippen molar-refractivity contribution in [2.24, 2.45) is 5.92 Å². The quantitative estimate of drug-likeness (QED) is 0.542. The van der Waals surface area contributed by atoms with E-state index in [-0.39, 0.29) is 5.97 Å². The molecule has 0 saturated heterocycles. The molecule has 2 nitrogen and oxygen atoms in total. The molecule has 0 fully saturated rings. The molecule has 1 unspecified atom stereocenters. The van der Waals surface area contributed by atoms with Crippen LogP contribution < -0.4 is 0 Å². The Morgan fingerprint density at radius 3 is 2.56 bits per heavy atom. The number of ether oxygens (including phenoxy) is 1. The molecule has 0 aliphatic carbocycles. The van der Waals surface area contributed by atoms with Crippen LogP contribution in [0.5, 0.6) is 0 Å². The van der Waals surface area contributed by atoms with Crippen LogP contribution in [-0.2, 0) is 9.53 Å². The third-order valence-corrected chi connectivity index (χ3v) is 1.44. The number of carbonyl (C=O) groups excluding carboxylic acids is 1. The fourth-order valence-electron chi connectivity index (χ4n) is 0.512. The third kappa shape index (κ3) is 4.01. The standard InChI is InChI=1S/C7H14O2/c1-4-6(2)5-7(8)9-3/h6H,4-5H2,1-3H3. The van der Waals surface area contributed by atoms with E-state index in [0.717, 1.165) is 6.42 Å². The number of hydrogen-bond donors (Lipinski definition) is 0. The average molecular weight is 130 g/mol. The predicted molar refractivity (Wildman–Crippen MR) is 36.1 cm³/mol. The van der Waals surface area contributed by atoms with Gasteiger partial charge in [-0.05, 0) is 5.92 Å². The Morgan fingerprint density at radius 1 is 1.67 bits per heavy atom. The van der Waals surface area contributed by atoms with Gasteiger partial charge in [-0.2, -0.15) is 0 Å². The summed E-state index contributed by atoms with van der Waals surface area (Å²) in [5.74, 6) is 0.349. The van der Waals surface area contributed by atoms with Crippen LogP contribution in [0.2, 0.25) is 0 Å². The molecule has 0 aliphatic rings. The number of esters is 1. The maximum absolute atomic E-state index is 10.6. The highest BCUT2D eigenvalue weighted by atomic mass is 16.5. The molecule has 0 amide bonds. The minimum atomic E-state index is -0.107. The van der Waals surface area contributed by atoms with Crippen molar-refractivity contribution >= 4 is 5.97 Å². The summed E-state index contributed by atoms with van der Waals surface area (Å²) in [7, 11) is 1.42. The van der Waals surface area contributed by atoms with Crippen molar-refractivity contribution in [1.82, 2.24) is 0 Å². The van der Waals surface area contributed by atoms with Gasteiger partial charge in [-0.3, -0.25) is 4.79 Å². The van der Waals surface area contributed by atoms with Crippen LogP contribution in [0.15, 0.2) is 0 Å². The average Bonchev–Trinajstić information content (AvgIpc) is 1.87. The maximum atomic E-state index is 10.6. The first-order valence-electron chi connectivity index (χ1n) is 3.27. The van der Waals surface area contributed by atoms with E-state index in [4.69, 9.17) is 0 Å². The van der Waals surface area contributed by atoms with E-state index in [2.05, 4.69) is 11.7 Å². The van der Waals surface area contributed by atoms with E-state index in [1.807, 2.05) is 6.92 Å². The van der Waals surface area contributed by atoms with Crippen molar-refractivity contribution in [3.8, 4) is 0 Å². The Labute approximate surface area is 56.2 Å². The molecule has 0 radical (unpaired) electrons. The molecule has 0 saturated carbocycles. The molecular weight excluding hydrogens is 116 g/mol. The monoisotopic (exact) mass is 130 g/mol. The third-order valence-electron chi connectivity index (χ3n) is 1.44. The Balaban J connectivity index is 3.34. The van der Waals surface area contributed by atoms with Crippen LogP contribution >= 0.6 is 0 Å². The van der Waals surface area contributed by atoms with Crippen LogP contribution in [0.25, 0.3) is 0 Å². The Bertz CT molecular complexity index is 88.9. The lowest BCUT2D eigenvalue weighted by molar-refractivity contribution is -0.141. The molecule has 0 bridgehead atoms. The Kier molecular flexibility index (Phi) is 4.10. The summed E-state index contributed by atoms with van der Waals surface area (Å²) >= 11 is 0. The number of carbonyl (C=O) groups is 1. The van der Waals surface area contributed by atoms with Crippen LogP contribution in [0, 0.1) is 5.92 Å². The summed E-state index contributed by atoms with van der Waals surface area (Å²) in [5, 5.41) is 0. The van der Waals surface area contributed by atoms with E-state index >= 15 is 0 Å². The largest absolute Gasteiger partial charge is 0.469 e. The molecule has 9 heavy (non-hydrogen) atoms. The van der Waals surface area contributed by atoms with Gasteiger partial charge in [-0.25, -0.2) is 0 Å². The second kappa shape index (κ2) is 4.36. The second-order valence-electron chi connectivity index (χ2n) is 2.29. The molecule has 0 spiro atoms. The molecule has 54 valence electrons. The highest BCUT2D eigenvalue weighted by molar-refractivity contribution is 5.69. The van der Waals surface area contributed by atoms with E-state index in [0.29, 0.717) is 12.3 Å². The van der Waals surface area contributed by atoms with Gasteiger partial charge in [0.25, 0.3) is 0 Å². The molecular formula is C7H14O2. The lowest BCUT2D eigenvalue weighted by atomic mass is 10.1. The lowest BCUT2D eigenvalue weighted by Crippen LogP contribution is -2.05. The first kappa shape index (κ1) is 8.47. The minimum Gasteiger partial charge on any atom is -0.469 e. The summed E-state index contributed by atoms with van der Waals surface area (Å²) in [6, 6.07) is 0. The number of hydrogen-bond acceptors (Lipinski definition) is 2. The number of methoxy groups -OCH3 is 1. The summed E-state index contributed by atoms with van der Waals surface area (Å²) in [6.45, 7) is 4.10. The predicted octanol–water partition coefficient (Wildman–Crippen LogP) is 1.60. The first-order chi connectivity index (χ1) is 4.20. The number of rotatable bonds is 3. The van der Waals surface area contributed by atoms with Gasteiger partial charge in [-0.15, -0.1) is 0 Å². The highest BCUT2D eigenvalue weighted by Gasteiger charge is 2.05. The lowest BCUT2D eigenvalue weighted by Gasteiger charge is -2.04. The van der Waals surface area contributed by atoms with Gasteiger partial charge >= 0.3 is 5.97 Å². The Morgan fingerprint density at radius 2 is 2.22 bits per heavy atom. The molecule has 0 N–H and O–H groups in total. The van der Waals surface area contributed by atoms with Crippen LogP contribution in [0.3, 0.4) is 0 Å². The van der Waals surface area contributed by atoms with Crippen molar-refractivity contribution < 1.29 is 9.53 Å². The normalized spacial score (nSPS) is 12.8. The van der Waals surface area contributed by atoms with Gasteiger partial charge in [0, 0.05) is 6.42 Å². The maximum Gasteiger partial charge on any atom is 0.305 e. The zero-order valence-electron chi connectivity index (χ0n) is 6.31. The molecule has 1 atom stereocenters. The molecule has 0 heterocycles. The minimum absolute atomic E-state index is 0.107. The molecule has 0 aliphatic heterocycles. The molecule has 0 rings (SSSR count). The Hall–Kier alpha value is -0.530. The van der Waals surface area contributed by atoms with Crippen molar-refractivity contribution in [3.63, 3.8) is 0 Å². The van der Waals surface area contributed by atoms with Crippen molar-refractivity contribution in [2.75, 3.05) is 7.11 Å². The zero-order valence-corrected chi connectivity index (χ0v) is 6.31. The van der Waals surface area contributed by atoms with Crippen molar-refractivity contribution in [1.29, 1.82) is 0 Å². The molecule has 0 aromatic heterocycles. The molecule has 0 aromatic rings. The fourth-order valence-corrected chi connectivity index (χ4v) is 0.512. The summed E-state index contributed by atoms with van der Waals surface area (Å²) in [6.07, 6.45) is 1.59. The van der Waals surface area contributed by atoms with Crippen LogP contribution in [-0.4, -0.2) is 13.1 Å². The SMILES string of the molecule is CCC(C)CC(=O)OC. The van der Waals surface area contributed by atoms with Gasteiger partial charge in [0.2, 0.25) is 0 Å². The summed E-state index contributed by atoms with van der Waals surface area (Å²) in [4.78, 5) is 10.6. The molecule has 2 heteroatoms. The van der Waals surface area contributed by atoms with Gasteiger partial charge in [0.15, 0.2) is 0 Å². The van der Waals surface area contributed by atoms with Crippen molar-refractivity contribution in [2.45, 2.75) is 26.7 Å².